The summed E-state index contributed by atoms with van der Waals surface area (Å²) in [5.41, 5.74) is 1.48. The van der Waals surface area contributed by atoms with Crippen LogP contribution < -0.4 is 5.32 Å². The molecule has 0 aliphatic rings. The minimum atomic E-state index is -0.183. The molecule has 1 aromatic heterocycles. The highest BCUT2D eigenvalue weighted by Gasteiger charge is 2.07. The van der Waals surface area contributed by atoms with Gasteiger partial charge in [0.25, 0.3) is 0 Å². The van der Waals surface area contributed by atoms with Gasteiger partial charge in [0.2, 0.25) is 0 Å². The number of rotatable bonds is 3. The number of hydrogen-bond acceptors (Lipinski definition) is 1. The van der Waals surface area contributed by atoms with Gasteiger partial charge < -0.3 is 5.32 Å². The fourth-order valence-electron chi connectivity index (χ4n) is 1.63. The second kappa shape index (κ2) is 4.45. The lowest BCUT2D eigenvalue weighted by molar-refractivity contribution is -0.644. The molecule has 1 heterocycles. The maximum absolute atomic E-state index is 13.4. The van der Waals surface area contributed by atoms with Gasteiger partial charge in [0.15, 0.2) is 5.82 Å². The molecule has 0 bridgehead atoms. The van der Waals surface area contributed by atoms with Gasteiger partial charge in [0.05, 0.1) is 7.05 Å². The molecule has 0 aliphatic carbocycles. The Balaban J connectivity index is 2.42. The summed E-state index contributed by atoms with van der Waals surface area (Å²) in [7, 11) is 1.98. The first kappa shape index (κ1) is 10.8. The molecular weight excluding hydrogens is 205 g/mol. The van der Waals surface area contributed by atoms with Crippen molar-refractivity contribution in [2.45, 2.75) is 13.5 Å². The summed E-state index contributed by atoms with van der Waals surface area (Å²) >= 11 is 0. The smallest absolute Gasteiger partial charge is 0.168 e. The molecule has 0 atom stereocenters. The molecule has 16 heavy (non-hydrogen) atoms. The van der Waals surface area contributed by atoms with Gasteiger partial charge in [-0.25, -0.2) is 9.37 Å². The van der Waals surface area contributed by atoms with E-state index in [2.05, 4.69) is 4.98 Å². The molecule has 0 saturated carbocycles. The molecule has 2 aromatic rings. The van der Waals surface area contributed by atoms with Crippen molar-refractivity contribution in [3.05, 3.63) is 47.8 Å². The maximum Gasteiger partial charge on any atom is 0.168 e. The number of aromatic nitrogens is 2. The molecule has 4 heteroatoms. The number of imidazole rings is 1. The molecule has 3 nitrogen and oxygen atoms in total. The monoisotopic (exact) mass is 220 g/mol. The Morgan fingerprint density at radius 1 is 1.44 bits per heavy atom. The van der Waals surface area contributed by atoms with Crippen LogP contribution >= 0.6 is 0 Å². The summed E-state index contributed by atoms with van der Waals surface area (Å²) in [4.78, 5) is 4.24. The molecule has 2 rings (SSSR count). The second-order valence-electron chi connectivity index (χ2n) is 3.76. The molecule has 0 saturated heterocycles. The Morgan fingerprint density at radius 3 is 2.94 bits per heavy atom. The molecule has 0 fully saturated rings. The van der Waals surface area contributed by atoms with Crippen LogP contribution in [-0.2, 0) is 6.54 Å². The van der Waals surface area contributed by atoms with E-state index in [1.807, 2.05) is 29.2 Å². The molecular formula is C12H15FN3+. The highest BCUT2D eigenvalue weighted by molar-refractivity contribution is 5.36. The third-order valence-electron chi connectivity index (χ3n) is 2.54. The van der Waals surface area contributed by atoms with E-state index in [-0.39, 0.29) is 5.82 Å². The Kier molecular flexibility index (Phi) is 3.01. The summed E-state index contributed by atoms with van der Waals surface area (Å²) in [6.45, 7) is 2.54. The topological polar surface area (TPSA) is 34.4 Å². The zero-order valence-electron chi connectivity index (χ0n) is 9.44. The van der Waals surface area contributed by atoms with Crippen molar-refractivity contribution >= 4 is 0 Å². The van der Waals surface area contributed by atoms with Crippen LogP contribution in [0, 0.1) is 12.7 Å². The first-order valence-electron chi connectivity index (χ1n) is 5.29. The molecule has 0 amide bonds. The number of hydrogen-bond donors (Lipinski definition) is 1. The van der Waals surface area contributed by atoms with Crippen molar-refractivity contribution < 1.29 is 9.71 Å². The van der Waals surface area contributed by atoms with Crippen LogP contribution in [0.25, 0.3) is 5.69 Å². The van der Waals surface area contributed by atoms with E-state index in [1.54, 1.807) is 19.2 Å². The van der Waals surface area contributed by atoms with E-state index in [9.17, 15) is 4.39 Å². The van der Waals surface area contributed by atoms with E-state index in [0.717, 1.165) is 18.1 Å². The third kappa shape index (κ3) is 1.97. The average molecular weight is 220 g/mol. The van der Waals surface area contributed by atoms with Crippen LogP contribution in [0.5, 0.6) is 0 Å². The fourth-order valence-corrected chi connectivity index (χ4v) is 1.63. The summed E-state index contributed by atoms with van der Waals surface area (Å²) in [6, 6.07) is 5.22. The Bertz CT molecular complexity index is 491. The predicted molar refractivity (Wildman–Crippen MR) is 59.8 cm³/mol. The van der Waals surface area contributed by atoms with E-state index >= 15 is 0 Å². The normalized spacial score (nSPS) is 10.7. The zero-order valence-corrected chi connectivity index (χ0v) is 9.44. The maximum atomic E-state index is 13.4. The summed E-state index contributed by atoms with van der Waals surface area (Å²) in [5.74, 6) is 0.739. The first-order valence-corrected chi connectivity index (χ1v) is 5.29. The first-order chi connectivity index (χ1) is 7.72. The molecule has 0 spiro atoms. The van der Waals surface area contributed by atoms with Crippen LogP contribution in [0.3, 0.4) is 0 Å². The molecule has 2 N–H and O–H groups in total. The van der Waals surface area contributed by atoms with E-state index in [0.29, 0.717) is 5.56 Å². The number of quaternary nitrogens is 1. The van der Waals surface area contributed by atoms with Crippen molar-refractivity contribution in [3.63, 3.8) is 0 Å². The van der Waals surface area contributed by atoms with Gasteiger partial charge in [-0.15, -0.1) is 0 Å². The van der Waals surface area contributed by atoms with Gasteiger partial charge in [0.1, 0.15) is 12.4 Å². The number of benzene rings is 1. The Hall–Kier alpha value is -1.68. The predicted octanol–water partition coefficient (Wildman–Crippen LogP) is 1.01. The number of nitrogens with zero attached hydrogens (tertiary/aromatic N) is 2. The van der Waals surface area contributed by atoms with Gasteiger partial charge in [-0.3, -0.25) is 4.57 Å². The fraction of sp³-hybridized carbons (Fsp3) is 0.250. The van der Waals surface area contributed by atoms with Crippen LogP contribution in [0.2, 0.25) is 0 Å². The van der Waals surface area contributed by atoms with Crippen LogP contribution in [-0.4, -0.2) is 16.6 Å². The van der Waals surface area contributed by atoms with Crippen molar-refractivity contribution in [2.75, 3.05) is 7.05 Å². The second-order valence-corrected chi connectivity index (χ2v) is 3.76. The molecule has 0 radical (unpaired) electrons. The molecule has 0 unspecified atom stereocenters. The van der Waals surface area contributed by atoms with Gasteiger partial charge in [0, 0.05) is 18.1 Å². The standard InChI is InChI=1S/C12H14FN3/c1-9-3-4-10(7-11(9)13)16-6-5-15-12(16)8-14-2/h3-7,14H,8H2,1-2H3/p+1. The Labute approximate surface area is 93.9 Å². The van der Waals surface area contributed by atoms with Crippen molar-refractivity contribution in [3.8, 4) is 5.69 Å². The number of aryl methyl sites for hydroxylation is 1. The van der Waals surface area contributed by atoms with E-state index in [1.165, 1.54) is 6.07 Å². The lowest BCUT2D eigenvalue weighted by atomic mass is 10.2. The lowest BCUT2D eigenvalue weighted by Gasteiger charge is -2.07. The minimum absolute atomic E-state index is 0.183. The van der Waals surface area contributed by atoms with Crippen molar-refractivity contribution in [1.82, 2.24) is 9.55 Å². The lowest BCUT2D eigenvalue weighted by Crippen LogP contribution is -2.78. The van der Waals surface area contributed by atoms with Gasteiger partial charge in [-0.05, 0) is 24.6 Å². The summed E-state index contributed by atoms with van der Waals surface area (Å²) in [6.07, 6.45) is 3.58. The van der Waals surface area contributed by atoms with Gasteiger partial charge >= 0.3 is 0 Å². The zero-order chi connectivity index (χ0) is 11.5. The van der Waals surface area contributed by atoms with Crippen LogP contribution in [0.1, 0.15) is 11.4 Å². The van der Waals surface area contributed by atoms with Crippen LogP contribution in [0.4, 0.5) is 4.39 Å². The van der Waals surface area contributed by atoms with E-state index < -0.39 is 0 Å². The minimum Gasteiger partial charge on any atom is -0.342 e. The summed E-state index contributed by atoms with van der Waals surface area (Å²) in [5, 5.41) is 2.03. The van der Waals surface area contributed by atoms with Crippen LogP contribution in [0.15, 0.2) is 30.6 Å². The number of halogens is 1. The molecule has 84 valence electrons. The molecule has 1 aromatic carbocycles. The van der Waals surface area contributed by atoms with Crippen molar-refractivity contribution in [2.24, 2.45) is 0 Å². The SMILES string of the molecule is C[NH2+]Cc1nccn1-c1ccc(C)c(F)c1. The van der Waals surface area contributed by atoms with E-state index in [4.69, 9.17) is 0 Å². The van der Waals surface area contributed by atoms with Gasteiger partial charge in [-0.2, -0.15) is 0 Å². The Morgan fingerprint density at radius 2 is 2.25 bits per heavy atom. The van der Waals surface area contributed by atoms with Crippen molar-refractivity contribution in [1.29, 1.82) is 0 Å². The third-order valence-corrected chi connectivity index (χ3v) is 2.54. The highest BCUT2D eigenvalue weighted by atomic mass is 19.1. The average Bonchev–Trinajstić information content (AvgIpc) is 2.71. The van der Waals surface area contributed by atoms with Gasteiger partial charge in [-0.1, -0.05) is 6.07 Å². The highest BCUT2D eigenvalue weighted by Crippen LogP contribution is 2.14. The quantitative estimate of drug-likeness (QED) is 0.823. The number of nitrogens with two attached hydrogens (primary N) is 1. The summed E-state index contributed by atoms with van der Waals surface area (Å²) < 4.78 is 15.4. The largest absolute Gasteiger partial charge is 0.342 e. The molecule has 0 aliphatic heterocycles.